The lowest BCUT2D eigenvalue weighted by atomic mass is 9.85. The number of amides is 11. The largest absolute Gasteiger partial charge is 0.368 e. The minimum Gasteiger partial charge on any atom is -0.368 e. The van der Waals surface area contributed by atoms with Crippen molar-refractivity contribution in [2.45, 2.75) is 164 Å². The molecule has 1 aliphatic carbocycles. The number of fused-ring (bicyclic) bond motifs is 1. The van der Waals surface area contributed by atoms with E-state index in [1.165, 1.54) is 20.9 Å². The van der Waals surface area contributed by atoms with E-state index in [0.29, 0.717) is 30.4 Å². The van der Waals surface area contributed by atoms with Gasteiger partial charge in [-0.05, 0) is 56.2 Å². The Morgan fingerprint density at radius 2 is 1.37 bits per heavy atom. The predicted molar refractivity (Wildman–Crippen MR) is 286 cm³/mol. The lowest BCUT2D eigenvalue weighted by Crippen LogP contribution is -2.72. The van der Waals surface area contributed by atoms with Crippen LogP contribution in [0.4, 0.5) is 4.79 Å². The van der Waals surface area contributed by atoms with Crippen molar-refractivity contribution >= 4 is 88.9 Å². The van der Waals surface area contributed by atoms with E-state index < -0.39 is 118 Å². The minimum absolute atomic E-state index is 0.0572. The second kappa shape index (κ2) is 26.5. The van der Waals surface area contributed by atoms with E-state index in [1.807, 2.05) is 25.1 Å². The van der Waals surface area contributed by atoms with Gasteiger partial charge in [0.2, 0.25) is 47.3 Å². The van der Waals surface area contributed by atoms with Crippen LogP contribution >= 0.6 is 12.6 Å². The van der Waals surface area contributed by atoms with Crippen LogP contribution in [-0.4, -0.2) is 141 Å². The van der Waals surface area contributed by atoms with Gasteiger partial charge in [-0.3, -0.25) is 48.1 Å². The van der Waals surface area contributed by atoms with Gasteiger partial charge in [-0.25, -0.2) is 9.69 Å². The van der Waals surface area contributed by atoms with Crippen molar-refractivity contribution < 1.29 is 47.9 Å². The Kier molecular flexibility index (Phi) is 20.2. The van der Waals surface area contributed by atoms with Crippen molar-refractivity contribution in [3.05, 3.63) is 71.9 Å². The average Bonchev–Trinajstić information content (AvgIpc) is 3.93. The highest BCUT2D eigenvalue weighted by Gasteiger charge is 2.52. The van der Waals surface area contributed by atoms with Crippen LogP contribution in [-0.2, 0) is 56.0 Å². The Morgan fingerprint density at radius 1 is 0.763 bits per heavy atom. The maximum atomic E-state index is 15.0. The van der Waals surface area contributed by atoms with Gasteiger partial charge in [0.15, 0.2) is 0 Å². The van der Waals surface area contributed by atoms with Crippen LogP contribution in [0.15, 0.2) is 65.8 Å². The standard InChI is InChI=1S/C53H72N12O10S/c1-6-8-23-40(65-51(74)39(62-52(65)75)25-32-19-13-10-14-20-32)49(72)58-29(3)44(67)57-30(4)45(68)64-42-50(73)61-37(24-31-17-11-9-12-18-31)47(70)59-35(7-2)46(69)60-38(26-33-27-56-36-22-16-15-21-34(33)36)48(71)63-41(43(54)66)53(42,76)28-55-5/h9,11-12,15-18,21-22,27-30,32,35,37-42,56,76H,6-8,10,13-14,19-20,23-26H2,1-5H3,(H2,54,66)(H,57,67)(H,58,72)(H,59,70)(H,60,69)(H,61,73)(H,62,75)(H,63,71)(H,64,68)/b55-28-/t29-,30+,35-,37+,38-,39-,40-,41?,42+,53?/m0/s1. The zero-order valence-electron chi connectivity index (χ0n) is 43.6. The number of nitrogens with two attached hydrogens (primary N) is 1. The average molecular weight is 1070 g/mol. The molecule has 2 saturated heterocycles. The number of rotatable bonds is 19. The molecule has 23 heteroatoms. The number of nitrogens with zero attached hydrogens (tertiary/aromatic N) is 2. The first-order valence-electron chi connectivity index (χ1n) is 26.1. The molecule has 22 nitrogen and oxygen atoms in total. The van der Waals surface area contributed by atoms with Crippen molar-refractivity contribution in [3.8, 4) is 0 Å². The summed E-state index contributed by atoms with van der Waals surface area (Å²) in [4.78, 5) is 149. The number of nitrogens with one attached hydrogen (secondary N) is 9. The third-order valence-electron chi connectivity index (χ3n) is 14.4. The normalized spacial score (nSPS) is 25.3. The molecule has 11 amide bonds. The van der Waals surface area contributed by atoms with E-state index in [9.17, 15) is 47.9 Å². The van der Waals surface area contributed by atoms with Gasteiger partial charge < -0.3 is 53.3 Å². The van der Waals surface area contributed by atoms with Gasteiger partial charge in [-0.15, -0.1) is 0 Å². The summed E-state index contributed by atoms with van der Waals surface area (Å²) in [6.07, 6.45) is 9.37. The number of aromatic nitrogens is 1. The molecule has 3 heterocycles. The lowest BCUT2D eigenvalue weighted by Gasteiger charge is -2.40. The molecular formula is C53H72N12O10S. The van der Waals surface area contributed by atoms with Crippen molar-refractivity contribution in [1.82, 2.24) is 52.4 Å². The van der Waals surface area contributed by atoms with E-state index in [4.69, 9.17) is 18.4 Å². The number of H-pyrrole nitrogens is 1. The molecule has 0 radical (unpaired) electrons. The Morgan fingerprint density at radius 3 is 2.04 bits per heavy atom. The summed E-state index contributed by atoms with van der Waals surface area (Å²) in [7, 11) is 1.28. The first kappa shape index (κ1) is 58.0. The fourth-order valence-electron chi connectivity index (χ4n) is 10.1. The summed E-state index contributed by atoms with van der Waals surface area (Å²) in [5, 5.41) is 21.8. The number of carbonyl (C=O) groups is 10. The number of unbranched alkanes of at least 4 members (excludes halogenated alkanes) is 1. The molecule has 10 atom stereocenters. The first-order chi connectivity index (χ1) is 36.3. The number of urea groups is 1. The molecule has 0 bridgehead atoms. The molecule has 410 valence electrons. The van der Waals surface area contributed by atoms with E-state index in [2.05, 4.69) is 52.5 Å². The van der Waals surface area contributed by atoms with Crippen LogP contribution < -0.4 is 48.3 Å². The first-order valence-corrected chi connectivity index (χ1v) is 26.5. The zero-order chi connectivity index (χ0) is 55.3. The molecule has 11 N–H and O–H groups in total. The molecule has 2 aliphatic heterocycles. The SMILES string of the molecule is CCCC[C@@H](C(=O)N[C@@H](C)C(=O)N[C@H](C)C(=O)N[C@@H]1C(=O)N[C@H](Cc2ccccc2)C(=O)N[C@@H](CC)C(=O)N[C@@H](Cc2c[nH]c3ccccc23)C(=O)NC(C(N)=O)C1(S)/C=N\C)N1C(=O)N[C@@H](CC2CCCCC2)C1=O. The van der Waals surface area contributed by atoms with E-state index in [0.717, 1.165) is 54.1 Å². The van der Waals surface area contributed by atoms with Crippen LogP contribution in [0.25, 0.3) is 10.9 Å². The number of imide groups is 1. The molecule has 2 aromatic carbocycles. The fraction of sp³-hybridized carbons (Fsp3) is 0.528. The third kappa shape index (κ3) is 14.1. The molecule has 6 rings (SSSR count). The Labute approximate surface area is 447 Å². The zero-order valence-corrected chi connectivity index (χ0v) is 44.5. The molecule has 1 aromatic heterocycles. The number of hydrogen-bond acceptors (Lipinski definition) is 12. The van der Waals surface area contributed by atoms with Gasteiger partial charge in [-0.1, -0.05) is 107 Å². The highest BCUT2D eigenvalue weighted by molar-refractivity contribution is 7.83. The molecule has 76 heavy (non-hydrogen) atoms. The molecule has 3 aromatic rings. The third-order valence-corrected chi connectivity index (χ3v) is 15.0. The summed E-state index contributed by atoms with van der Waals surface area (Å²) in [5.41, 5.74) is 7.98. The number of aliphatic imine (C=N–C) groups is 1. The highest BCUT2D eigenvalue weighted by Crippen LogP contribution is 2.30. The lowest BCUT2D eigenvalue weighted by molar-refractivity contribution is -0.138. The van der Waals surface area contributed by atoms with Gasteiger partial charge in [0.25, 0.3) is 5.91 Å². The summed E-state index contributed by atoms with van der Waals surface area (Å²) in [6, 6.07) is 2.35. The van der Waals surface area contributed by atoms with Gasteiger partial charge in [-0.2, -0.15) is 12.6 Å². The van der Waals surface area contributed by atoms with Crippen molar-refractivity contribution in [1.29, 1.82) is 0 Å². The number of aromatic amines is 1. The Bertz CT molecular complexity index is 2660. The van der Waals surface area contributed by atoms with Gasteiger partial charge in [0.1, 0.15) is 59.1 Å². The minimum atomic E-state index is -2.34. The topological polar surface area (TPSA) is 324 Å². The van der Waals surface area contributed by atoms with Crippen LogP contribution in [0, 0.1) is 5.92 Å². The van der Waals surface area contributed by atoms with Crippen LogP contribution in [0.1, 0.15) is 103 Å². The number of para-hydroxylation sites is 1. The molecule has 3 aliphatic rings. The second-order valence-corrected chi connectivity index (χ2v) is 20.7. The van der Waals surface area contributed by atoms with Gasteiger partial charge >= 0.3 is 6.03 Å². The van der Waals surface area contributed by atoms with E-state index >= 15 is 0 Å². The van der Waals surface area contributed by atoms with Crippen LogP contribution in [0.3, 0.4) is 0 Å². The molecular weight excluding hydrogens is 997 g/mol. The number of benzene rings is 2. The quantitative estimate of drug-likeness (QED) is 0.0462. The number of carbonyl (C=O) groups excluding carboxylic acids is 10. The number of hydrogen-bond donors (Lipinski definition) is 11. The summed E-state index contributed by atoms with van der Waals surface area (Å²) >= 11 is 4.82. The highest BCUT2D eigenvalue weighted by atomic mass is 32.1. The van der Waals surface area contributed by atoms with Crippen molar-refractivity contribution in [3.63, 3.8) is 0 Å². The Balaban J connectivity index is 1.28. The summed E-state index contributed by atoms with van der Waals surface area (Å²) in [5.74, 6) is -7.72. The smallest absolute Gasteiger partial charge is 0.325 e. The van der Waals surface area contributed by atoms with Crippen molar-refractivity contribution in [2.24, 2.45) is 16.6 Å². The number of primary amides is 1. The van der Waals surface area contributed by atoms with Gasteiger partial charge in [0, 0.05) is 43.2 Å². The second-order valence-electron chi connectivity index (χ2n) is 20.0. The van der Waals surface area contributed by atoms with Crippen LogP contribution in [0.2, 0.25) is 0 Å². The molecule has 1 saturated carbocycles. The van der Waals surface area contributed by atoms with Crippen LogP contribution in [0.5, 0.6) is 0 Å². The van der Waals surface area contributed by atoms with Crippen molar-refractivity contribution in [2.75, 3.05) is 7.05 Å². The number of thiol groups is 1. The summed E-state index contributed by atoms with van der Waals surface area (Å²) in [6.45, 7) is 6.17. The predicted octanol–water partition coefficient (Wildman–Crippen LogP) is 1.11. The molecule has 2 unspecified atom stereocenters. The fourth-order valence-corrected chi connectivity index (χ4v) is 10.6. The Hall–Kier alpha value is -7.30. The van der Waals surface area contributed by atoms with Gasteiger partial charge in [0.05, 0.1) is 0 Å². The van der Waals surface area contributed by atoms with E-state index in [-0.39, 0.29) is 31.6 Å². The molecule has 3 fully saturated rings. The maximum absolute atomic E-state index is 15.0. The molecule has 0 spiro atoms. The monoisotopic (exact) mass is 1070 g/mol. The maximum Gasteiger partial charge on any atom is 0.325 e. The summed E-state index contributed by atoms with van der Waals surface area (Å²) < 4.78 is -2.34. The van der Waals surface area contributed by atoms with E-state index in [1.54, 1.807) is 49.5 Å².